The first-order chi connectivity index (χ1) is 6.55. The van der Waals surface area contributed by atoms with Crippen molar-refractivity contribution in [2.24, 2.45) is 0 Å². The number of hydrogen-bond acceptors (Lipinski definition) is 1. The highest BCUT2D eigenvalue weighted by Gasteiger charge is 2.40. The number of hydrogen-bond donors (Lipinski definition) is 1. The summed E-state index contributed by atoms with van der Waals surface area (Å²) in [7, 11) is 0. The highest BCUT2D eigenvalue weighted by atomic mass is 32.1. The molecule has 0 fully saturated rings. The molecule has 1 unspecified atom stereocenters. The molecule has 1 N–H and O–H groups in total. The van der Waals surface area contributed by atoms with Gasteiger partial charge in [0, 0.05) is 0 Å². The molecule has 0 bridgehead atoms. The molecule has 0 spiro atoms. The average molecular weight is 219 g/mol. The van der Waals surface area contributed by atoms with Gasteiger partial charge in [0.15, 0.2) is 0 Å². The predicted molar refractivity (Wildman–Crippen MR) is 52.0 cm³/mol. The zero-order valence-electron chi connectivity index (χ0n) is 7.08. The smallest absolute Gasteiger partial charge is 0.367 e. The molecule has 1 nitrogen and oxygen atoms in total. The second kappa shape index (κ2) is 4.41. The third-order valence-electron chi connectivity index (χ3n) is 1.69. The van der Waals surface area contributed by atoms with Crippen LogP contribution in [0.25, 0.3) is 0 Å². The van der Waals surface area contributed by atoms with Crippen LogP contribution < -0.4 is 5.32 Å². The van der Waals surface area contributed by atoms with Crippen molar-refractivity contribution < 1.29 is 13.2 Å². The molecule has 1 atom stereocenters. The number of rotatable bonds is 3. The van der Waals surface area contributed by atoms with Gasteiger partial charge in [0.2, 0.25) is 0 Å². The minimum absolute atomic E-state index is 0.154. The molecular formula is C9H8F3NS. The van der Waals surface area contributed by atoms with Crippen molar-refractivity contribution in [1.82, 2.24) is 5.32 Å². The van der Waals surface area contributed by atoms with Crippen LogP contribution in [0.3, 0.4) is 0 Å². The number of benzene rings is 1. The second-order valence-electron chi connectivity index (χ2n) is 2.67. The van der Waals surface area contributed by atoms with Crippen LogP contribution in [0, 0.1) is 0 Å². The third-order valence-corrected chi connectivity index (χ3v) is 1.83. The summed E-state index contributed by atoms with van der Waals surface area (Å²) in [6.45, 7) is 0. The first-order valence-electron chi connectivity index (χ1n) is 3.87. The molecule has 14 heavy (non-hydrogen) atoms. The van der Waals surface area contributed by atoms with E-state index < -0.39 is 12.2 Å². The van der Waals surface area contributed by atoms with Crippen LogP contribution >= 0.6 is 12.2 Å². The topological polar surface area (TPSA) is 12.0 Å². The van der Waals surface area contributed by atoms with Gasteiger partial charge in [-0.25, -0.2) is 0 Å². The number of nitrogens with one attached hydrogen (secondary N) is 1. The maximum Gasteiger partial charge on any atom is 0.412 e. The Morgan fingerprint density at radius 2 is 1.79 bits per heavy atom. The van der Waals surface area contributed by atoms with Crippen molar-refractivity contribution in [3.05, 3.63) is 35.9 Å². The molecule has 1 aromatic carbocycles. The lowest BCUT2D eigenvalue weighted by molar-refractivity contribution is -0.153. The van der Waals surface area contributed by atoms with Crippen LogP contribution in [0.5, 0.6) is 0 Å². The monoisotopic (exact) mass is 219 g/mol. The quantitative estimate of drug-likeness (QED) is 0.784. The summed E-state index contributed by atoms with van der Waals surface area (Å²) in [5.74, 6) is 0. The van der Waals surface area contributed by atoms with Gasteiger partial charge in [-0.3, -0.25) is 0 Å². The van der Waals surface area contributed by atoms with Gasteiger partial charge in [0.1, 0.15) is 6.04 Å². The molecule has 0 saturated carbocycles. The average Bonchev–Trinajstić information content (AvgIpc) is 2.14. The summed E-state index contributed by atoms with van der Waals surface area (Å²) >= 11 is 4.36. The van der Waals surface area contributed by atoms with Gasteiger partial charge in [-0.1, -0.05) is 42.5 Å². The Morgan fingerprint density at radius 1 is 1.21 bits per heavy atom. The standard InChI is InChI=1S/C9H8F3NS/c10-9(11,12)8(13-6-14)7-4-2-1-3-5-7/h1-6,8H,(H,13,14). The van der Waals surface area contributed by atoms with E-state index in [9.17, 15) is 13.2 Å². The Kier molecular flexibility index (Phi) is 3.46. The molecule has 1 aromatic rings. The largest absolute Gasteiger partial charge is 0.412 e. The summed E-state index contributed by atoms with van der Waals surface area (Å²) in [6, 6.07) is 5.86. The Bertz CT molecular complexity index is 297. The fraction of sp³-hybridized carbons (Fsp3) is 0.222. The van der Waals surface area contributed by atoms with E-state index in [0.717, 1.165) is 5.49 Å². The zero-order valence-corrected chi connectivity index (χ0v) is 7.90. The highest BCUT2D eigenvalue weighted by molar-refractivity contribution is 7.78. The van der Waals surface area contributed by atoms with Crippen molar-refractivity contribution in [3.63, 3.8) is 0 Å². The van der Waals surface area contributed by atoms with E-state index in [0.29, 0.717) is 0 Å². The molecule has 0 amide bonds. The minimum atomic E-state index is -4.34. The summed E-state index contributed by atoms with van der Waals surface area (Å²) in [5, 5.41) is 2.10. The van der Waals surface area contributed by atoms with E-state index in [2.05, 4.69) is 17.5 Å². The number of halogens is 3. The zero-order chi connectivity index (χ0) is 10.6. The third kappa shape index (κ3) is 2.70. The Labute approximate surface area is 84.9 Å². The molecule has 76 valence electrons. The van der Waals surface area contributed by atoms with Crippen molar-refractivity contribution in [2.75, 3.05) is 0 Å². The lowest BCUT2D eigenvalue weighted by Crippen LogP contribution is -2.32. The molecule has 0 heterocycles. The van der Waals surface area contributed by atoms with Crippen molar-refractivity contribution >= 4 is 17.7 Å². The normalized spacial score (nSPS) is 13.4. The van der Waals surface area contributed by atoms with Gasteiger partial charge >= 0.3 is 6.18 Å². The van der Waals surface area contributed by atoms with Crippen molar-refractivity contribution in [3.8, 4) is 0 Å². The van der Waals surface area contributed by atoms with E-state index in [1.807, 2.05) is 0 Å². The summed E-state index contributed by atoms with van der Waals surface area (Å²) in [5.41, 5.74) is 1.03. The summed E-state index contributed by atoms with van der Waals surface area (Å²) in [6.07, 6.45) is -4.34. The van der Waals surface area contributed by atoms with Gasteiger partial charge in [0.05, 0.1) is 5.49 Å². The van der Waals surface area contributed by atoms with Crippen LogP contribution in [-0.4, -0.2) is 11.7 Å². The van der Waals surface area contributed by atoms with Crippen molar-refractivity contribution in [1.29, 1.82) is 0 Å². The number of thiocarbonyl (C=S) groups is 1. The molecule has 0 saturated heterocycles. The molecule has 0 aliphatic carbocycles. The molecule has 1 rings (SSSR count). The van der Waals surface area contributed by atoms with Gasteiger partial charge in [-0.15, -0.1) is 0 Å². The van der Waals surface area contributed by atoms with Gasteiger partial charge < -0.3 is 5.32 Å². The lowest BCUT2D eigenvalue weighted by Gasteiger charge is -2.20. The minimum Gasteiger partial charge on any atom is -0.367 e. The number of alkyl halides is 3. The van der Waals surface area contributed by atoms with Crippen molar-refractivity contribution in [2.45, 2.75) is 12.2 Å². The SMILES string of the molecule is FC(F)(F)C(NC=S)c1ccccc1. The molecule has 0 aliphatic rings. The molecule has 0 aliphatic heterocycles. The van der Waals surface area contributed by atoms with E-state index in [4.69, 9.17) is 0 Å². The first-order valence-corrected chi connectivity index (χ1v) is 4.34. The fourth-order valence-corrected chi connectivity index (χ4v) is 1.23. The maximum atomic E-state index is 12.5. The van der Waals surface area contributed by atoms with Gasteiger partial charge in [-0.05, 0) is 5.56 Å². The van der Waals surface area contributed by atoms with E-state index in [1.54, 1.807) is 18.2 Å². The predicted octanol–water partition coefficient (Wildman–Crippen LogP) is 2.84. The van der Waals surface area contributed by atoms with Gasteiger partial charge in [-0.2, -0.15) is 13.2 Å². The first kappa shape index (κ1) is 11.0. The Morgan fingerprint density at radius 3 is 2.21 bits per heavy atom. The van der Waals surface area contributed by atoms with Crippen LogP contribution in [-0.2, 0) is 0 Å². The lowest BCUT2D eigenvalue weighted by atomic mass is 10.1. The molecule has 5 heteroatoms. The van der Waals surface area contributed by atoms with E-state index in [-0.39, 0.29) is 5.56 Å². The van der Waals surface area contributed by atoms with Crippen LogP contribution in [0.15, 0.2) is 30.3 Å². The summed E-state index contributed by atoms with van der Waals surface area (Å²) < 4.78 is 37.4. The van der Waals surface area contributed by atoms with Crippen LogP contribution in [0.2, 0.25) is 0 Å². The Balaban J connectivity index is 2.95. The fourth-order valence-electron chi connectivity index (χ4n) is 1.09. The molecule has 0 radical (unpaired) electrons. The molecular weight excluding hydrogens is 211 g/mol. The van der Waals surface area contributed by atoms with Gasteiger partial charge in [0.25, 0.3) is 0 Å². The van der Waals surface area contributed by atoms with Crippen LogP contribution in [0.4, 0.5) is 13.2 Å². The second-order valence-corrected chi connectivity index (χ2v) is 2.91. The maximum absolute atomic E-state index is 12.5. The van der Waals surface area contributed by atoms with Crippen LogP contribution in [0.1, 0.15) is 11.6 Å². The van der Waals surface area contributed by atoms with E-state index >= 15 is 0 Å². The molecule has 0 aromatic heterocycles. The highest BCUT2D eigenvalue weighted by Crippen LogP contribution is 2.31. The Hall–Kier alpha value is -1.10. The summed E-state index contributed by atoms with van der Waals surface area (Å²) in [4.78, 5) is 0. The van der Waals surface area contributed by atoms with E-state index in [1.165, 1.54) is 12.1 Å².